The van der Waals surface area contributed by atoms with Crippen LogP contribution >= 0.6 is 0 Å². The fourth-order valence-corrected chi connectivity index (χ4v) is 8.37. The summed E-state index contributed by atoms with van der Waals surface area (Å²) in [5.74, 6) is -1.04. The summed E-state index contributed by atoms with van der Waals surface area (Å²) in [7, 11) is 0. The molecule has 28 heavy (non-hydrogen) atoms. The molecule has 1 aromatic heterocycles. The molecular weight excluding hydrogens is 352 g/mol. The summed E-state index contributed by atoms with van der Waals surface area (Å²) in [6.45, 7) is 7.34. The Kier molecular flexibility index (Phi) is 3.95. The molecule has 0 N–H and O–H groups in total. The Bertz CT molecular complexity index is 802. The number of pyridine rings is 1. The largest absolute Gasteiger partial charge is 0.264 e. The zero-order chi connectivity index (χ0) is 19.8. The topological polar surface area (TPSA) is 12.9 Å². The van der Waals surface area contributed by atoms with E-state index in [9.17, 15) is 8.78 Å². The second-order valence-corrected chi connectivity index (χ2v) is 11.0. The molecule has 4 aliphatic rings. The van der Waals surface area contributed by atoms with E-state index in [0.29, 0.717) is 18.3 Å². The van der Waals surface area contributed by atoms with Crippen LogP contribution in [0.25, 0.3) is 5.57 Å². The molecule has 3 fully saturated rings. The highest BCUT2D eigenvalue weighted by Gasteiger charge is 2.65. The molecule has 2 unspecified atom stereocenters. The van der Waals surface area contributed by atoms with Crippen LogP contribution in [0.1, 0.15) is 77.7 Å². The van der Waals surface area contributed by atoms with Gasteiger partial charge < -0.3 is 0 Å². The molecule has 0 radical (unpaired) electrons. The maximum Gasteiger partial charge on any atom is 0.248 e. The van der Waals surface area contributed by atoms with Crippen molar-refractivity contribution in [3.05, 3.63) is 36.2 Å². The smallest absolute Gasteiger partial charge is 0.248 e. The van der Waals surface area contributed by atoms with E-state index >= 15 is 0 Å². The van der Waals surface area contributed by atoms with Gasteiger partial charge >= 0.3 is 0 Å². The Balaban J connectivity index is 1.48. The van der Waals surface area contributed by atoms with Crippen molar-refractivity contribution in [2.24, 2.45) is 34.0 Å². The normalized spacial score (nSPS) is 46.9. The number of fused-ring (bicyclic) bond motifs is 5. The third-order valence-corrected chi connectivity index (χ3v) is 9.79. The summed E-state index contributed by atoms with van der Waals surface area (Å²) in [6.07, 6.45) is 12.8. The van der Waals surface area contributed by atoms with E-state index in [4.69, 9.17) is 0 Å². The van der Waals surface area contributed by atoms with Gasteiger partial charge in [-0.25, -0.2) is 8.78 Å². The highest BCUT2D eigenvalue weighted by atomic mass is 19.3. The van der Waals surface area contributed by atoms with E-state index in [0.717, 1.165) is 19.3 Å². The number of allylic oxidation sites excluding steroid dienone is 2. The number of hydrogen-bond donors (Lipinski definition) is 0. The van der Waals surface area contributed by atoms with Gasteiger partial charge in [-0.3, -0.25) is 4.98 Å². The van der Waals surface area contributed by atoms with E-state index in [1.807, 2.05) is 18.5 Å². The van der Waals surface area contributed by atoms with Gasteiger partial charge in [-0.1, -0.05) is 32.9 Å². The van der Waals surface area contributed by atoms with Crippen molar-refractivity contribution < 1.29 is 8.78 Å². The molecule has 6 atom stereocenters. The minimum Gasteiger partial charge on any atom is -0.264 e. The Morgan fingerprint density at radius 3 is 2.54 bits per heavy atom. The lowest BCUT2D eigenvalue weighted by atomic mass is 9.39. The van der Waals surface area contributed by atoms with E-state index in [2.05, 4.69) is 37.9 Å². The summed E-state index contributed by atoms with van der Waals surface area (Å²) in [5, 5.41) is 0. The minimum absolute atomic E-state index is 0.0903. The molecule has 1 heterocycles. The van der Waals surface area contributed by atoms with Crippen LogP contribution < -0.4 is 0 Å². The first-order valence-corrected chi connectivity index (χ1v) is 11.2. The van der Waals surface area contributed by atoms with E-state index in [1.54, 1.807) is 0 Å². The number of halogens is 2. The third kappa shape index (κ3) is 2.43. The van der Waals surface area contributed by atoms with Gasteiger partial charge in [0.05, 0.1) is 0 Å². The van der Waals surface area contributed by atoms with Gasteiger partial charge in [-0.15, -0.1) is 0 Å². The van der Waals surface area contributed by atoms with E-state index in [1.165, 1.54) is 24.0 Å². The second-order valence-electron chi connectivity index (χ2n) is 11.0. The summed E-state index contributed by atoms with van der Waals surface area (Å²) in [6, 6.07) is 4.23. The average molecular weight is 386 g/mol. The first-order valence-electron chi connectivity index (χ1n) is 11.2. The monoisotopic (exact) mass is 385 g/mol. The third-order valence-electron chi connectivity index (χ3n) is 9.79. The van der Waals surface area contributed by atoms with Crippen molar-refractivity contribution in [2.45, 2.75) is 78.1 Å². The van der Waals surface area contributed by atoms with Crippen LogP contribution in [0.15, 0.2) is 30.6 Å². The van der Waals surface area contributed by atoms with Gasteiger partial charge in [0.15, 0.2) is 0 Å². The number of aromatic nitrogens is 1. The molecule has 5 rings (SSSR count). The Morgan fingerprint density at radius 1 is 0.964 bits per heavy atom. The van der Waals surface area contributed by atoms with Crippen molar-refractivity contribution in [3.8, 4) is 0 Å². The van der Waals surface area contributed by atoms with Crippen LogP contribution in [0.3, 0.4) is 0 Å². The lowest BCUT2D eigenvalue weighted by molar-refractivity contribution is -0.189. The van der Waals surface area contributed by atoms with E-state index < -0.39 is 5.92 Å². The van der Waals surface area contributed by atoms with Crippen LogP contribution in [-0.2, 0) is 0 Å². The Morgan fingerprint density at radius 2 is 1.79 bits per heavy atom. The summed E-state index contributed by atoms with van der Waals surface area (Å²) in [4.78, 5) is 4.36. The van der Waals surface area contributed by atoms with Crippen molar-refractivity contribution in [1.82, 2.24) is 4.98 Å². The molecule has 0 amide bonds. The molecule has 4 aliphatic carbocycles. The van der Waals surface area contributed by atoms with Crippen molar-refractivity contribution >= 4 is 5.57 Å². The van der Waals surface area contributed by atoms with Gasteiger partial charge in [-0.2, -0.15) is 0 Å². The quantitative estimate of drug-likeness (QED) is 0.500. The summed E-state index contributed by atoms with van der Waals surface area (Å²) >= 11 is 0. The second kappa shape index (κ2) is 5.89. The molecule has 0 aliphatic heterocycles. The Hall–Kier alpha value is -1.25. The predicted molar refractivity (Wildman–Crippen MR) is 109 cm³/mol. The molecular formula is C25H33F2N. The zero-order valence-electron chi connectivity index (χ0n) is 17.5. The number of alkyl halides is 2. The molecule has 1 nitrogen and oxygen atoms in total. The lowest BCUT2D eigenvalue weighted by Gasteiger charge is -2.65. The molecule has 0 bridgehead atoms. The molecule has 0 spiro atoms. The average Bonchev–Trinajstić information content (AvgIpc) is 3.02. The Labute approximate surface area is 168 Å². The molecule has 1 aromatic rings. The molecule has 0 aromatic carbocycles. The van der Waals surface area contributed by atoms with Gasteiger partial charge in [-0.05, 0) is 89.7 Å². The van der Waals surface area contributed by atoms with Gasteiger partial charge in [0.2, 0.25) is 5.92 Å². The summed E-state index contributed by atoms with van der Waals surface area (Å²) < 4.78 is 28.3. The minimum atomic E-state index is -2.44. The van der Waals surface area contributed by atoms with Gasteiger partial charge in [0, 0.05) is 25.2 Å². The van der Waals surface area contributed by atoms with Crippen molar-refractivity contribution in [3.63, 3.8) is 0 Å². The first kappa shape index (κ1) is 18.8. The predicted octanol–water partition coefficient (Wildman–Crippen LogP) is 7.14. The van der Waals surface area contributed by atoms with Crippen molar-refractivity contribution in [1.29, 1.82) is 0 Å². The molecule has 3 saturated carbocycles. The lowest BCUT2D eigenvalue weighted by Crippen LogP contribution is -2.59. The zero-order valence-corrected chi connectivity index (χ0v) is 17.5. The number of hydrogen-bond acceptors (Lipinski definition) is 1. The highest BCUT2D eigenvalue weighted by molar-refractivity contribution is 5.72. The van der Waals surface area contributed by atoms with Gasteiger partial charge in [0.25, 0.3) is 0 Å². The number of rotatable bonds is 1. The van der Waals surface area contributed by atoms with Crippen LogP contribution in [0, 0.1) is 34.0 Å². The van der Waals surface area contributed by atoms with Crippen LogP contribution in [0.2, 0.25) is 0 Å². The SMILES string of the molecule is C[C@]12CCC(F)(F)CC1CC[C@@]1(C)C3CC=C(c4cccnc4)[C@@]3(C)CC[C@H]21. The van der Waals surface area contributed by atoms with Crippen LogP contribution in [-0.4, -0.2) is 10.9 Å². The maximum absolute atomic E-state index is 14.2. The molecule has 0 saturated heterocycles. The number of nitrogens with zero attached hydrogens (tertiary/aromatic N) is 1. The standard InChI is InChI=1S/C25H33F2N/c1-22-12-13-25(26,27)15-18(22)8-10-24(3)20-7-6-19(17-5-4-14-28-16-17)23(20,2)11-9-21(22)24/h4-6,14,16,18,20-21H,7-13,15H2,1-3H3/t18?,20?,21-,22+,23-,24+/m1/s1. The molecule has 152 valence electrons. The fourth-order valence-electron chi connectivity index (χ4n) is 8.37. The van der Waals surface area contributed by atoms with E-state index in [-0.39, 0.29) is 35.0 Å². The fraction of sp³-hybridized carbons (Fsp3) is 0.720. The van der Waals surface area contributed by atoms with Gasteiger partial charge in [0.1, 0.15) is 0 Å². The maximum atomic E-state index is 14.2. The van der Waals surface area contributed by atoms with Crippen molar-refractivity contribution in [2.75, 3.05) is 0 Å². The van der Waals surface area contributed by atoms with Crippen LogP contribution in [0.4, 0.5) is 8.78 Å². The first-order chi connectivity index (χ1) is 13.2. The molecule has 3 heteroatoms. The van der Waals surface area contributed by atoms with Crippen LogP contribution in [0.5, 0.6) is 0 Å². The summed E-state index contributed by atoms with van der Waals surface area (Å²) in [5.41, 5.74) is 3.29. The highest BCUT2D eigenvalue weighted by Crippen LogP contribution is 2.72.